The molecule has 0 amide bonds. The van der Waals surface area contributed by atoms with Gasteiger partial charge in [-0.2, -0.15) is 9.78 Å². The molecule has 118 valence electrons. The fourth-order valence-corrected chi connectivity index (χ4v) is 2.46. The van der Waals surface area contributed by atoms with Crippen molar-refractivity contribution in [2.24, 2.45) is 0 Å². The van der Waals surface area contributed by atoms with E-state index in [1.807, 2.05) is 30.3 Å². The van der Waals surface area contributed by atoms with Crippen molar-refractivity contribution in [3.05, 3.63) is 69.7 Å². The van der Waals surface area contributed by atoms with Gasteiger partial charge in [0.2, 0.25) is 0 Å². The van der Waals surface area contributed by atoms with Crippen molar-refractivity contribution < 1.29 is 4.79 Å². The topological polar surface area (TPSA) is 98.7 Å². The summed E-state index contributed by atoms with van der Waals surface area (Å²) in [6.45, 7) is 3.76. The minimum atomic E-state index is -0.392. The monoisotopic (exact) mass is 311 g/mol. The Kier molecular flexibility index (Phi) is 3.61. The Balaban J connectivity index is 2.02. The minimum Gasteiger partial charge on any atom is -0.396 e. The van der Waals surface area contributed by atoms with Gasteiger partial charge in [0.15, 0.2) is 0 Å². The van der Waals surface area contributed by atoms with E-state index >= 15 is 0 Å². The van der Waals surface area contributed by atoms with Gasteiger partial charge in [-0.05, 0) is 19.4 Å². The van der Waals surface area contributed by atoms with E-state index in [1.54, 1.807) is 13.8 Å². The highest BCUT2D eigenvalue weighted by Crippen LogP contribution is 2.16. The summed E-state index contributed by atoms with van der Waals surface area (Å²) in [4.78, 5) is 27.3. The molecule has 2 heterocycles. The number of aryl methyl sites for hydroxylation is 1. The van der Waals surface area contributed by atoms with Gasteiger partial charge in [-0.15, -0.1) is 0 Å². The van der Waals surface area contributed by atoms with Gasteiger partial charge >= 0.3 is 5.69 Å². The van der Waals surface area contributed by atoms with Gasteiger partial charge in [-0.1, -0.05) is 30.3 Å². The number of nitrogen functional groups attached to an aromatic ring is 1. The molecule has 0 aliphatic heterocycles. The van der Waals surface area contributed by atoms with Crippen LogP contribution in [0.25, 0.3) is 0 Å². The molecule has 0 bridgehead atoms. The molecule has 0 fully saturated rings. The molecule has 0 saturated carbocycles. The molecule has 0 aliphatic carbocycles. The number of aromatic amines is 1. The lowest BCUT2D eigenvalue weighted by Crippen LogP contribution is -2.25. The molecule has 3 aromatic rings. The SMILES string of the molecule is Cc1nn(C(=O)c2c[nH]c(=O)n2Cc2ccccc2)c(C)c1N. The second-order valence-electron chi connectivity index (χ2n) is 5.35. The molecule has 2 aromatic heterocycles. The number of carbonyl (C=O) groups excluding carboxylic acids is 1. The highest BCUT2D eigenvalue weighted by molar-refractivity contribution is 5.94. The first-order valence-corrected chi connectivity index (χ1v) is 7.17. The van der Waals surface area contributed by atoms with Gasteiger partial charge in [0.05, 0.1) is 23.6 Å². The maximum Gasteiger partial charge on any atom is 0.326 e. The fraction of sp³-hybridized carbons (Fsp3) is 0.188. The third-order valence-electron chi connectivity index (χ3n) is 3.81. The summed E-state index contributed by atoms with van der Waals surface area (Å²) in [7, 11) is 0. The van der Waals surface area contributed by atoms with E-state index < -0.39 is 5.91 Å². The van der Waals surface area contributed by atoms with Crippen LogP contribution < -0.4 is 11.4 Å². The third kappa shape index (κ3) is 2.57. The molecule has 0 unspecified atom stereocenters. The number of rotatable bonds is 3. The van der Waals surface area contributed by atoms with Crippen molar-refractivity contribution in [2.75, 3.05) is 5.73 Å². The molecule has 0 radical (unpaired) electrons. The van der Waals surface area contributed by atoms with Crippen molar-refractivity contribution in [2.45, 2.75) is 20.4 Å². The number of nitrogens with one attached hydrogen (secondary N) is 1. The highest BCUT2D eigenvalue weighted by Gasteiger charge is 2.21. The number of imidazole rings is 1. The number of anilines is 1. The van der Waals surface area contributed by atoms with E-state index in [0.717, 1.165) is 5.56 Å². The smallest absolute Gasteiger partial charge is 0.326 e. The average Bonchev–Trinajstić information content (AvgIpc) is 3.03. The van der Waals surface area contributed by atoms with Crippen LogP contribution in [-0.2, 0) is 6.54 Å². The van der Waals surface area contributed by atoms with E-state index in [1.165, 1.54) is 15.4 Å². The summed E-state index contributed by atoms with van der Waals surface area (Å²) >= 11 is 0. The van der Waals surface area contributed by atoms with Crippen molar-refractivity contribution in [3.63, 3.8) is 0 Å². The van der Waals surface area contributed by atoms with E-state index in [9.17, 15) is 9.59 Å². The zero-order chi connectivity index (χ0) is 16.6. The largest absolute Gasteiger partial charge is 0.396 e. The van der Waals surface area contributed by atoms with Crippen LogP contribution in [0.15, 0.2) is 41.3 Å². The van der Waals surface area contributed by atoms with Crippen LogP contribution in [0.5, 0.6) is 0 Å². The Morgan fingerprint density at radius 2 is 1.96 bits per heavy atom. The van der Waals surface area contributed by atoms with Crippen LogP contribution in [0.1, 0.15) is 27.4 Å². The lowest BCUT2D eigenvalue weighted by Gasteiger charge is -2.07. The van der Waals surface area contributed by atoms with E-state index in [2.05, 4.69) is 10.1 Å². The Morgan fingerprint density at radius 1 is 1.26 bits per heavy atom. The third-order valence-corrected chi connectivity index (χ3v) is 3.81. The number of hydrogen-bond acceptors (Lipinski definition) is 4. The summed E-state index contributed by atoms with van der Waals surface area (Å²) in [6.07, 6.45) is 1.40. The number of carbonyl (C=O) groups is 1. The summed E-state index contributed by atoms with van der Waals surface area (Å²) in [5.74, 6) is -0.392. The minimum absolute atomic E-state index is 0.240. The quantitative estimate of drug-likeness (QED) is 0.762. The van der Waals surface area contributed by atoms with Crippen molar-refractivity contribution in [3.8, 4) is 0 Å². The Hall–Kier alpha value is -3.09. The Morgan fingerprint density at radius 3 is 2.57 bits per heavy atom. The van der Waals surface area contributed by atoms with Crippen LogP contribution in [0.3, 0.4) is 0 Å². The highest BCUT2D eigenvalue weighted by atomic mass is 16.2. The van der Waals surface area contributed by atoms with E-state index in [0.29, 0.717) is 23.6 Å². The van der Waals surface area contributed by atoms with Gasteiger partial charge in [0, 0.05) is 6.20 Å². The number of nitrogens with two attached hydrogens (primary N) is 1. The van der Waals surface area contributed by atoms with Crippen LogP contribution in [0.2, 0.25) is 0 Å². The molecule has 7 heteroatoms. The number of nitrogens with zero attached hydrogens (tertiary/aromatic N) is 3. The summed E-state index contributed by atoms with van der Waals surface area (Å²) < 4.78 is 2.62. The van der Waals surface area contributed by atoms with Gasteiger partial charge in [-0.25, -0.2) is 4.79 Å². The zero-order valence-electron chi connectivity index (χ0n) is 12.9. The van der Waals surface area contributed by atoms with Crippen LogP contribution in [0.4, 0.5) is 5.69 Å². The van der Waals surface area contributed by atoms with E-state index in [-0.39, 0.29) is 11.4 Å². The standard InChI is InChI=1S/C16H17N5O2/c1-10-14(17)11(2)21(19-10)15(22)13-8-18-16(23)20(13)9-12-6-4-3-5-7-12/h3-8H,9,17H2,1-2H3,(H,18,23). The van der Waals surface area contributed by atoms with Crippen LogP contribution >= 0.6 is 0 Å². The lowest BCUT2D eigenvalue weighted by molar-refractivity contribution is 0.0933. The van der Waals surface area contributed by atoms with Gasteiger partial charge in [0.25, 0.3) is 5.91 Å². The first-order valence-electron chi connectivity index (χ1n) is 7.17. The predicted octanol–water partition coefficient (Wildman–Crippen LogP) is 1.31. The van der Waals surface area contributed by atoms with E-state index in [4.69, 9.17) is 5.73 Å². The van der Waals surface area contributed by atoms with Crippen molar-refractivity contribution in [1.82, 2.24) is 19.3 Å². The van der Waals surface area contributed by atoms with Crippen LogP contribution in [0, 0.1) is 13.8 Å². The molecular weight excluding hydrogens is 294 g/mol. The van der Waals surface area contributed by atoms with Crippen LogP contribution in [-0.4, -0.2) is 25.2 Å². The maximum atomic E-state index is 12.7. The Labute approximate surface area is 132 Å². The number of benzene rings is 1. The predicted molar refractivity (Wildman–Crippen MR) is 86.4 cm³/mol. The average molecular weight is 311 g/mol. The molecule has 3 rings (SSSR count). The molecular formula is C16H17N5O2. The molecule has 0 spiro atoms. The first kappa shape index (κ1) is 14.8. The number of hydrogen-bond donors (Lipinski definition) is 2. The molecule has 0 aliphatic rings. The fourth-order valence-electron chi connectivity index (χ4n) is 2.46. The lowest BCUT2D eigenvalue weighted by atomic mass is 10.2. The van der Waals surface area contributed by atoms with Gasteiger partial charge in [-0.3, -0.25) is 9.36 Å². The maximum absolute atomic E-state index is 12.7. The van der Waals surface area contributed by atoms with Crippen molar-refractivity contribution >= 4 is 11.6 Å². The second kappa shape index (κ2) is 5.60. The summed E-state index contributed by atoms with van der Waals surface area (Å²) in [5.41, 5.74) is 8.33. The summed E-state index contributed by atoms with van der Waals surface area (Å²) in [6, 6.07) is 9.46. The van der Waals surface area contributed by atoms with Gasteiger partial charge < -0.3 is 10.7 Å². The Bertz CT molecular complexity index is 918. The molecule has 23 heavy (non-hydrogen) atoms. The molecule has 7 nitrogen and oxygen atoms in total. The molecule has 0 atom stereocenters. The first-order chi connectivity index (χ1) is 11.0. The summed E-state index contributed by atoms with van der Waals surface area (Å²) in [5, 5.41) is 4.16. The molecule has 1 aromatic carbocycles. The number of aromatic nitrogens is 4. The van der Waals surface area contributed by atoms with Crippen molar-refractivity contribution in [1.29, 1.82) is 0 Å². The van der Waals surface area contributed by atoms with Gasteiger partial charge in [0.1, 0.15) is 5.69 Å². The molecule has 3 N–H and O–H groups in total. The number of H-pyrrole nitrogens is 1. The normalized spacial score (nSPS) is 10.9. The second-order valence-corrected chi connectivity index (χ2v) is 5.35. The zero-order valence-corrected chi connectivity index (χ0v) is 12.9. The molecule has 0 saturated heterocycles.